The van der Waals surface area contributed by atoms with Gasteiger partial charge in [0.25, 0.3) is 0 Å². The van der Waals surface area contributed by atoms with Gasteiger partial charge < -0.3 is 4.98 Å². The Balaban J connectivity index is 2.71. The molecule has 0 unspecified atom stereocenters. The molecule has 13 heavy (non-hydrogen) atoms. The van der Waals surface area contributed by atoms with Gasteiger partial charge in [-0.15, -0.1) is 0 Å². The number of hydrogen-bond acceptors (Lipinski definition) is 0. The van der Waals surface area contributed by atoms with E-state index < -0.39 is 0 Å². The maximum atomic E-state index is 3.26. The number of allylic oxidation sites excluding steroid dienone is 2. The molecule has 0 fully saturated rings. The summed E-state index contributed by atoms with van der Waals surface area (Å²) in [5.41, 5.74) is 3.83. The summed E-state index contributed by atoms with van der Waals surface area (Å²) in [5.74, 6) is 0. The predicted octanol–water partition coefficient (Wildman–Crippen LogP) is 3.59. The zero-order chi connectivity index (χ0) is 9.26. The molecule has 0 aliphatic carbocycles. The molecular formula is C12H13N. The number of H-pyrrole nitrogens is 1. The van der Waals surface area contributed by atoms with Crippen molar-refractivity contribution in [2.75, 3.05) is 0 Å². The molecule has 1 aromatic heterocycles. The molecule has 1 N–H and O–H groups in total. The molecule has 0 saturated carbocycles. The number of rotatable bonds is 1. The standard InChI is InChI=1S/C12H13N/c1-3-9(2)11-8-13-12-7-5-4-6-10(11)12/h3-8,13H,1-2H3. The first-order valence-electron chi connectivity index (χ1n) is 4.52. The van der Waals surface area contributed by atoms with Gasteiger partial charge in [-0.2, -0.15) is 0 Å². The molecule has 0 atom stereocenters. The summed E-state index contributed by atoms with van der Waals surface area (Å²) in [5, 5.41) is 1.30. The number of benzene rings is 1. The first kappa shape index (κ1) is 8.11. The van der Waals surface area contributed by atoms with Crippen LogP contribution in [0.15, 0.2) is 36.5 Å². The highest BCUT2D eigenvalue weighted by molar-refractivity contribution is 5.91. The molecular weight excluding hydrogens is 158 g/mol. The van der Waals surface area contributed by atoms with Crippen molar-refractivity contribution >= 4 is 16.5 Å². The van der Waals surface area contributed by atoms with E-state index in [0.29, 0.717) is 0 Å². The Morgan fingerprint density at radius 1 is 1.31 bits per heavy atom. The Labute approximate surface area is 78.1 Å². The minimum absolute atomic E-state index is 1.21. The number of para-hydroxylation sites is 1. The smallest absolute Gasteiger partial charge is 0.0460 e. The fourth-order valence-corrected chi connectivity index (χ4v) is 1.55. The fraction of sp³-hybridized carbons (Fsp3) is 0.167. The van der Waals surface area contributed by atoms with Gasteiger partial charge in [-0.1, -0.05) is 24.3 Å². The van der Waals surface area contributed by atoms with Crippen molar-refractivity contribution in [1.82, 2.24) is 4.98 Å². The summed E-state index contributed by atoms with van der Waals surface area (Å²) in [4.78, 5) is 3.26. The number of fused-ring (bicyclic) bond motifs is 1. The van der Waals surface area contributed by atoms with Crippen molar-refractivity contribution in [3.05, 3.63) is 42.1 Å². The van der Waals surface area contributed by atoms with Crippen LogP contribution in [-0.4, -0.2) is 4.98 Å². The molecule has 1 nitrogen and oxygen atoms in total. The van der Waals surface area contributed by atoms with E-state index in [4.69, 9.17) is 0 Å². The Bertz CT molecular complexity index is 449. The lowest BCUT2D eigenvalue weighted by Crippen LogP contribution is -1.74. The lowest BCUT2D eigenvalue weighted by Gasteiger charge is -1.96. The molecule has 1 heterocycles. The van der Waals surface area contributed by atoms with Crippen LogP contribution in [0, 0.1) is 0 Å². The third kappa shape index (κ3) is 1.26. The van der Waals surface area contributed by atoms with Crippen LogP contribution in [0.4, 0.5) is 0 Å². The zero-order valence-electron chi connectivity index (χ0n) is 7.96. The highest BCUT2D eigenvalue weighted by atomic mass is 14.7. The number of aromatic nitrogens is 1. The second-order valence-corrected chi connectivity index (χ2v) is 3.22. The third-order valence-electron chi connectivity index (χ3n) is 2.45. The van der Waals surface area contributed by atoms with Crippen molar-refractivity contribution in [1.29, 1.82) is 0 Å². The van der Waals surface area contributed by atoms with E-state index in [-0.39, 0.29) is 0 Å². The summed E-state index contributed by atoms with van der Waals surface area (Å²) in [6.45, 7) is 4.20. The van der Waals surface area contributed by atoms with Crippen LogP contribution in [-0.2, 0) is 0 Å². The number of nitrogens with one attached hydrogen (secondary N) is 1. The first-order chi connectivity index (χ1) is 6.33. The van der Waals surface area contributed by atoms with Gasteiger partial charge in [-0.05, 0) is 25.5 Å². The van der Waals surface area contributed by atoms with Crippen LogP contribution in [0.3, 0.4) is 0 Å². The van der Waals surface area contributed by atoms with Crippen molar-refractivity contribution in [2.45, 2.75) is 13.8 Å². The van der Waals surface area contributed by atoms with Crippen molar-refractivity contribution in [3.63, 3.8) is 0 Å². The monoisotopic (exact) mass is 171 g/mol. The zero-order valence-corrected chi connectivity index (χ0v) is 7.96. The second-order valence-electron chi connectivity index (χ2n) is 3.22. The molecule has 0 spiro atoms. The van der Waals surface area contributed by atoms with Gasteiger partial charge in [0.05, 0.1) is 0 Å². The average molecular weight is 171 g/mol. The van der Waals surface area contributed by atoms with Gasteiger partial charge >= 0.3 is 0 Å². The van der Waals surface area contributed by atoms with Crippen molar-refractivity contribution < 1.29 is 0 Å². The summed E-state index contributed by atoms with van der Waals surface area (Å²) in [6.07, 6.45) is 4.20. The van der Waals surface area contributed by atoms with E-state index in [1.54, 1.807) is 0 Å². The van der Waals surface area contributed by atoms with E-state index in [2.05, 4.69) is 49.3 Å². The fourth-order valence-electron chi connectivity index (χ4n) is 1.55. The lowest BCUT2D eigenvalue weighted by molar-refractivity contribution is 1.45. The minimum Gasteiger partial charge on any atom is -0.361 e. The molecule has 2 aromatic rings. The van der Waals surface area contributed by atoms with Crippen LogP contribution in [0.25, 0.3) is 16.5 Å². The first-order valence-corrected chi connectivity index (χ1v) is 4.52. The molecule has 0 aliphatic rings. The van der Waals surface area contributed by atoms with Crippen LogP contribution >= 0.6 is 0 Å². The molecule has 0 saturated heterocycles. The van der Waals surface area contributed by atoms with Crippen LogP contribution in [0.2, 0.25) is 0 Å². The molecule has 2 rings (SSSR count). The van der Waals surface area contributed by atoms with Crippen molar-refractivity contribution in [3.8, 4) is 0 Å². The van der Waals surface area contributed by atoms with E-state index in [0.717, 1.165) is 0 Å². The highest BCUT2D eigenvalue weighted by Crippen LogP contribution is 2.23. The molecule has 1 aromatic carbocycles. The molecule has 0 bridgehead atoms. The summed E-state index contributed by atoms with van der Waals surface area (Å²) < 4.78 is 0. The summed E-state index contributed by atoms with van der Waals surface area (Å²) >= 11 is 0. The van der Waals surface area contributed by atoms with Crippen LogP contribution < -0.4 is 0 Å². The minimum atomic E-state index is 1.21. The Morgan fingerprint density at radius 3 is 2.85 bits per heavy atom. The maximum absolute atomic E-state index is 3.26. The van der Waals surface area contributed by atoms with E-state index in [1.165, 1.54) is 22.0 Å². The SMILES string of the molecule is CC=C(C)c1c[nH]c2ccccc12. The van der Waals surface area contributed by atoms with Crippen molar-refractivity contribution in [2.24, 2.45) is 0 Å². The number of aromatic amines is 1. The molecule has 1 heteroatoms. The largest absolute Gasteiger partial charge is 0.361 e. The third-order valence-corrected chi connectivity index (χ3v) is 2.45. The van der Waals surface area contributed by atoms with Crippen LogP contribution in [0.1, 0.15) is 19.4 Å². The second kappa shape index (κ2) is 3.09. The number of hydrogen-bond donors (Lipinski definition) is 1. The van der Waals surface area contributed by atoms with Gasteiger partial charge in [0.1, 0.15) is 0 Å². The molecule has 0 amide bonds. The highest BCUT2D eigenvalue weighted by Gasteiger charge is 2.02. The van der Waals surface area contributed by atoms with Gasteiger partial charge in [0.15, 0.2) is 0 Å². The Hall–Kier alpha value is -1.50. The van der Waals surface area contributed by atoms with Gasteiger partial charge in [0.2, 0.25) is 0 Å². The van der Waals surface area contributed by atoms with Gasteiger partial charge in [-0.3, -0.25) is 0 Å². The summed E-state index contributed by atoms with van der Waals surface area (Å²) in [7, 11) is 0. The Morgan fingerprint density at radius 2 is 2.08 bits per heavy atom. The van der Waals surface area contributed by atoms with E-state index in [9.17, 15) is 0 Å². The maximum Gasteiger partial charge on any atom is 0.0460 e. The Kier molecular flexibility index (Phi) is 1.93. The lowest BCUT2D eigenvalue weighted by atomic mass is 10.1. The molecule has 0 radical (unpaired) electrons. The predicted molar refractivity (Wildman–Crippen MR) is 57.6 cm³/mol. The van der Waals surface area contributed by atoms with Crippen LogP contribution in [0.5, 0.6) is 0 Å². The normalized spacial score (nSPS) is 12.3. The van der Waals surface area contributed by atoms with E-state index >= 15 is 0 Å². The van der Waals surface area contributed by atoms with E-state index in [1.807, 2.05) is 6.07 Å². The van der Waals surface area contributed by atoms with Gasteiger partial charge in [0, 0.05) is 22.7 Å². The quantitative estimate of drug-likeness (QED) is 0.674. The molecule has 0 aliphatic heterocycles. The summed E-state index contributed by atoms with van der Waals surface area (Å²) in [6, 6.07) is 8.37. The average Bonchev–Trinajstić information content (AvgIpc) is 2.60. The van der Waals surface area contributed by atoms with Gasteiger partial charge in [-0.25, -0.2) is 0 Å². The topological polar surface area (TPSA) is 15.8 Å². The molecule has 66 valence electrons.